The molecule has 0 bridgehead atoms. The Morgan fingerprint density at radius 3 is 1.68 bits per heavy atom. The highest BCUT2D eigenvalue weighted by molar-refractivity contribution is 7.88. The number of carbonyl (C=O) groups is 4. The largest absolute Gasteiger partial charge is 0.480 e. The summed E-state index contributed by atoms with van der Waals surface area (Å²) in [5, 5.41) is 24.2. The fourth-order valence-electron chi connectivity index (χ4n) is 5.10. The fraction of sp³-hybridized carbons (Fsp3) is 0.281. The Hall–Kier alpha value is -5.28. The van der Waals surface area contributed by atoms with E-state index in [9.17, 15) is 37.8 Å². The zero-order valence-electron chi connectivity index (χ0n) is 25.5. The van der Waals surface area contributed by atoms with Crippen molar-refractivity contribution in [1.29, 1.82) is 0 Å². The molecule has 47 heavy (non-hydrogen) atoms. The molecule has 1 atom stereocenters. The molecule has 0 aliphatic heterocycles. The van der Waals surface area contributed by atoms with Gasteiger partial charge in [-0.2, -0.15) is 0 Å². The zero-order valence-corrected chi connectivity index (χ0v) is 26.3. The van der Waals surface area contributed by atoms with Gasteiger partial charge in [0.15, 0.2) is 5.96 Å². The molecule has 0 unspecified atom stereocenters. The number of aliphatic imine (C=N–C) groups is 1. The molecule has 0 aromatic heterocycles. The molecule has 0 aliphatic rings. The van der Waals surface area contributed by atoms with Crippen molar-refractivity contribution in [2.45, 2.75) is 37.1 Å². The van der Waals surface area contributed by atoms with Gasteiger partial charge in [-0.05, 0) is 35.1 Å². The van der Waals surface area contributed by atoms with Crippen molar-refractivity contribution in [2.24, 2.45) is 21.6 Å². The van der Waals surface area contributed by atoms with Crippen LogP contribution in [0.4, 0.5) is 0 Å². The molecule has 3 rings (SSSR count). The van der Waals surface area contributed by atoms with E-state index < -0.39 is 64.6 Å². The molecule has 0 heterocycles. The molecule has 3 aromatic carbocycles. The molecule has 3 aromatic rings. The number of nitrogens with two attached hydrogens (primary N) is 3. The monoisotopic (exact) mass is 666 g/mol. The predicted octanol–water partition coefficient (Wildman–Crippen LogP) is 1.06. The molecule has 0 aliphatic carbocycles. The van der Waals surface area contributed by atoms with E-state index in [1.807, 2.05) is 0 Å². The van der Waals surface area contributed by atoms with Gasteiger partial charge in [0.05, 0.1) is 11.7 Å². The summed E-state index contributed by atoms with van der Waals surface area (Å²) < 4.78 is 23.2. The van der Waals surface area contributed by atoms with Gasteiger partial charge in [0.2, 0.25) is 21.8 Å². The molecular formula is C32H38N6O8S. The summed E-state index contributed by atoms with van der Waals surface area (Å²) in [4.78, 5) is 58.2. The number of benzene rings is 3. The molecule has 14 nitrogen and oxygen atoms in total. The highest BCUT2D eigenvalue weighted by Gasteiger charge is 2.38. The van der Waals surface area contributed by atoms with Crippen LogP contribution in [-0.2, 0) is 41.5 Å². The summed E-state index contributed by atoms with van der Waals surface area (Å²) in [5.41, 5.74) is 13.1. The molecule has 2 amide bonds. The summed E-state index contributed by atoms with van der Waals surface area (Å²) in [7, 11) is -3.81. The second-order valence-corrected chi connectivity index (χ2v) is 12.4. The van der Waals surface area contributed by atoms with Gasteiger partial charge in [0.1, 0.15) is 19.1 Å². The summed E-state index contributed by atoms with van der Waals surface area (Å²) >= 11 is 0. The van der Waals surface area contributed by atoms with E-state index in [0.717, 1.165) is 0 Å². The Morgan fingerprint density at radius 2 is 1.23 bits per heavy atom. The number of rotatable bonds is 17. The van der Waals surface area contributed by atoms with Crippen LogP contribution in [0.1, 0.15) is 41.0 Å². The highest BCUT2D eigenvalue weighted by atomic mass is 32.2. The van der Waals surface area contributed by atoms with Gasteiger partial charge in [0.25, 0.3) is 0 Å². The van der Waals surface area contributed by atoms with Crippen LogP contribution in [0.3, 0.4) is 0 Å². The minimum Gasteiger partial charge on any atom is -0.480 e. The summed E-state index contributed by atoms with van der Waals surface area (Å²) in [6.45, 7) is -1.92. The number of nitrogens with zero attached hydrogens (tertiary/aromatic N) is 3. The van der Waals surface area contributed by atoms with Crippen molar-refractivity contribution in [2.75, 3.05) is 19.6 Å². The van der Waals surface area contributed by atoms with Crippen LogP contribution < -0.4 is 16.6 Å². The Kier molecular flexibility index (Phi) is 13.0. The van der Waals surface area contributed by atoms with Gasteiger partial charge >= 0.3 is 11.9 Å². The van der Waals surface area contributed by atoms with E-state index in [1.54, 1.807) is 72.8 Å². The van der Waals surface area contributed by atoms with Crippen molar-refractivity contribution in [3.63, 3.8) is 0 Å². The van der Waals surface area contributed by atoms with Crippen molar-refractivity contribution in [3.8, 4) is 0 Å². The standard InChI is InChI=1S/C32H38N6O8S/c33-32(34)36-17-7-12-26(30(43)37(19-27(39)40)20-28(41)42)38(18-22-13-15-23(16-14-22)21-47(35,45)46)31(44)29(24-8-3-1-4-9-24)25-10-5-2-6-11-25/h1-6,8-11,13-16,26,29H,7,12,17-21H2,(H,39,40)(H,41,42)(H4,33,34,36)(H2,35,45,46)/t26-/m1/s1. The van der Waals surface area contributed by atoms with Crippen molar-refractivity contribution >= 4 is 39.7 Å². The van der Waals surface area contributed by atoms with E-state index in [4.69, 9.17) is 16.6 Å². The number of hydrogen-bond acceptors (Lipinski definition) is 7. The van der Waals surface area contributed by atoms with E-state index in [1.165, 1.54) is 17.0 Å². The van der Waals surface area contributed by atoms with Crippen molar-refractivity contribution < 1.29 is 37.8 Å². The number of amides is 2. The lowest BCUT2D eigenvalue weighted by Gasteiger charge is -2.36. The van der Waals surface area contributed by atoms with Crippen LogP contribution in [0.15, 0.2) is 89.9 Å². The number of guanidine groups is 1. The Balaban J connectivity index is 2.18. The highest BCUT2D eigenvalue weighted by Crippen LogP contribution is 2.30. The average Bonchev–Trinajstić information content (AvgIpc) is 3.00. The maximum Gasteiger partial charge on any atom is 0.323 e. The van der Waals surface area contributed by atoms with Gasteiger partial charge in [-0.1, -0.05) is 84.9 Å². The van der Waals surface area contributed by atoms with Crippen LogP contribution in [0.2, 0.25) is 0 Å². The predicted molar refractivity (Wildman–Crippen MR) is 174 cm³/mol. The number of aliphatic carboxylic acids is 2. The third-order valence-electron chi connectivity index (χ3n) is 7.09. The molecule has 8 N–H and O–H groups in total. The first-order valence-corrected chi connectivity index (χ1v) is 16.2. The van der Waals surface area contributed by atoms with E-state index in [-0.39, 0.29) is 31.9 Å². The van der Waals surface area contributed by atoms with Gasteiger partial charge in [-0.3, -0.25) is 24.2 Å². The first-order valence-electron chi connectivity index (χ1n) is 14.5. The number of primary sulfonamides is 1. The third-order valence-corrected chi connectivity index (χ3v) is 7.83. The maximum atomic E-state index is 14.8. The summed E-state index contributed by atoms with van der Waals surface area (Å²) in [6, 6.07) is 22.7. The first kappa shape index (κ1) is 36.2. The number of sulfonamides is 1. The zero-order chi connectivity index (χ0) is 34.6. The van der Waals surface area contributed by atoms with Crippen LogP contribution in [0, 0.1) is 0 Å². The molecule has 0 saturated carbocycles. The molecule has 0 radical (unpaired) electrons. The topological polar surface area (TPSA) is 240 Å². The molecule has 250 valence electrons. The molecule has 0 spiro atoms. The maximum absolute atomic E-state index is 14.8. The second kappa shape index (κ2) is 16.9. The van der Waals surface area contributed by atoms with Gasteiger partial charge in [-0.25, -0.2) is 13.6 Å². The van der Waals surface area contributed by atoms with Crippen LogP contribution in [-0.4, -0.2) is 83.8 Å². The van der Waals surface area contributed by atoms with Gasteiger partial charge in [-0.15, -0.1) is 0 Å². The fourth-order valence-corrected chi connectivity index (χ4v) is 5.76. The van der Waals surface area contributed by atoms with Gasteiger partial charge < -0.3 is 31.5 Å². The lowest BCUT2D eigenvalue weighted by molar-refractivity contribution is -0.154. The SMILES string of the molecule is NC(N)=NCCC[C@H](C(=O)N(CC(=O)O)CC(=O)O)N(Cc1ccc(CS(N)(=O)=O)cc1)C(=O)C(c1ccccc1)c1ccccc1. The summed E-state index contributed by atoms with van der Waals surface area (Å²) in [6.07, 6.45) is 0.137. The number of hydrogen-bond donors (Lipinski definition) is 5. The van der Waals surface area contributed by atoms with Crippen molar-refractivity contribution in [1.82, 2.24) is 9.80 Å². The molecule has 15 heteroatoms. The van der Waals surface area contributed by atoms with E-state index in [0.29, 0.717) is 27.2 Å². The number of carboxylic acids is 2. The Labute approximate surface area is 272 Å². The minimum absolute atomic E-state index is 0.0448. The van der Waals surface area contributed by atoms with Gasteiger partial charge in [0, 0.05) is 13.1 Å². The normalized spacial score (nSPS) is 11.8. The average molecular weight is 667 g/mol. The molecular weight excluding hydrogens is 628 g/mol. The lowest BCUT2D eigenvalue weighted by atomic mass is 9.89. The van der Waals surface area contributed by atoms with Crippen LogP contribution in [0.5, 0.6) is 0 Å². The van der Waals surface area contributed by atoms with Crippen LogP contribution >= 0.6 is 0 Å². The first-order chi connectivity index (χ1) is 22.2. The van der Waals surface area contributed by atoms with Crippen molar-refractivity contribution in [3.05, 3.63) is 107 Å². The Morgan fingerprint density at radius 1 is 0.745 bits per heavy atom. The number of carbonyl (C=O) groups excluding carboxylic acids is 2. The summed E-state index contributed by atoms with van der Waals surface area (Å²) in [5.74, 6) is -5.78. The number of carboxylic acid groups (broad SMARTS) is 2. The lowest BCUT2D eigenvalue weighted by Crippen LogP contribution is -2.53. The second-order valence-electron chi connectivity index (χ2n) is 10.8. The molecule has 0 fully saturated rings. The van der Waals surface area contributed by atoms with E-state index in [2.05, 4.69) is 4.99 Å². The smallest absolute Gasteiger partial charge is 0.323 e. The minimum atomic E-state index is -3.81. The quantitative estimate of drug-likeness (QED) is 0.0779. The van der Waals surface area contributed by atoms with E-state index >= 15 is 0 Å². The molecule has 0 saturated heterocycles. The van der Waals surface area contributed by atoms with Crippen LogP contribution in [0.25, 0.3) is 0 Å². The Bertz CT molecular complexity index is 1610. The third kappa shape index (κ3) is 11.5.